The zero-order chi connectivity index (χ0) is 37.4. The van der Waals surface area contributed by atoms with Gasteiger partial charge in [-0.1, -0.05) is 36.4 Å². The van der Waals surface area contributed by atoms with E-state index in [1.165, 1.54) is 0 Å². The van der Waals surface area contributed by atoms with E-state index in [-0.39, 0.29) is 42.5 Å². The molecule has 1 atom stereocenters. The molecular formula is C40H47N7O6. The van der Waals surface area contributed by atoms with Crippen molar-refractivity contribution in [2.45, 2.75) is 64.9 Å². The van der Waals surface area contributed by atoms with E-state index in [4.69, 9.17) is 9.47 Å². The van der Waals surface area contributed by atoms with Gasteiger partial charge in [0, 0.05) is 48.3 Å². The largest absolute Gasteiger partial charge is 0.444 e. The Kier molecular flexibility index (Phi) is 11.9. The van der Waals surface area contributed by atoms with Gasteiger partial charge in [0.15, 0.2) is 0 Å². The third-order valence-corrected chi connectivity index (χ3v) is 9.74. The van der Waals surface area contributed by atoms with Crippen molar-refractivity contribution in [1.29, 1.82) is 0 Å². The zero-order valence-electron chi connectivity index (χ0n) is 30.5. The van der Waals surface area contributed by atoms with Crippen molar-refractivity contribution in [3.05, 3.63) is 78.4 Å². The molecule has 3 amide bonds. The highest BCUT2D eigenvalue weighted by Gasteiger charge is 2.31. The number of ether oxygens (including phenoxy) is 2. The van der Waals surface area contributed by atoms with Crippen molar-refractivity contribution < 1.29 is 28.7 Å². The molecule has 53 heavy (non-hydrogen) atoms. The van der Waals surface area contributed by atoms with Crippen LogP contribution in [-0.2, 0) is 30.3 Å². The van der Waals surface area contributed by atoms with Gasteiger partial charge >= 0.3 is 6.09 Å². The van der Waals surface area contributed by atoms with E-state index in [1.807, 2.05) is 69.3 Å². The van der Waals surface area contributed by atoms with Crippen molar-refractivity contribution in [1.82, 2.24) is 25.9 Å². The van der Waals surface area contributed by atoms with Crippen LogP contribution in [0, 0.1) is 17.8 Å². The van der Waals surface area contributed by atoms with Gasteiger partial charge in [-0.15, -0.1) is 10.2 Å². The van der Waals surface area contributed by atoms with E-state index in [9.17, 15) is 19.2 Å². The molecule has 4 aromatic rings. The van der Waals surface area contributed by atoms with E-state index in [0.717, 1.165) is 53.6 Å². The lowest BCUT2D eigenvalue weighted by atomic mass is 9.77. The molecule has 13 heteroatoms. The lowest BCUT2D eigenvalue weighted by molar-refractivity contribution is -0.129. The predicted octanol–water partition coefficient (Wildman–Crippen LogP) is 5.98. The minimum atomic E-state index is -0.581. The summed E-state index contributed by atoms with van der Waals surface area (Å²) in [5.74, 6) is -0.167. The molecule has 1 aromatic heterocycles. The normalized spacial score (nSPS) is 18.2. The zero-order valence-corrected chi connectivity index (χ0v) is 30.5. The first-order chi connectivity index (χ1) is 25.5. The van der Waals surface area contributed by atoms with Crippen LogP contribution in [0.2, 0.25) is 0 Å². The maximum absolute atomic E-state index is 13.8. The van der Waals surface area contributed by atoms with Gasteiger partial charge in [-0.2, -0.15) is 5.21 Å². The number of morpholine rings is 1. The molecule has 3 aromatic carbocycles. The molecule has 0 spiro atoms. The molecule has 0 bridgehead atoms. The van der Waals surface area contributed by atoms with Gasteiger partial charge in [-0.3, -0.25) is 14.4 Å². The summed E-state index contributed by atoms with van der Waals surface area (Å²) >= 11 is 0. The molecular weight excluding hydrogens is 674 g/mol. The number of alkyl carbamates (subject to hydrolysis) is 1. The second-order valence-corrected chi connectivity index (χ2v) is 14.8. The summed E-state index contributed by atoms with van der Waals surface area (Å²) in [5, 5.41) is 19.9. The number of benzene rings is 3. The van der Waals surface area contributed by atoms with E-state index in [0.29, 0.717) is 37.6 Å². The average Bonchev–Trinajstić information content (AvgIpc) is 3.70. The standard InChI is InChI=1S/C40H47N7O6/c1-40(2,3)53-39(51)41-24-27-6-10-30(11-7-27)35(48)23-32(38(50)42-33-16-12-31(13-17-33)37-43-45-46-44-37)22-26-4-8-28(9-5-26)29-14-18-34(19-15-29)47-20-21-52-25-36(47)49/h4-5,8-9,12-19,27,30,32H,6-7,10-11,20-25H2,1-3H3,(H,41,51)(H,42,50)(H,43,44,45,46)/t27?,30?,32-/m1/s1. The number of nitrogens with zero attached hydrogens (tertiary/aromatic N) is 4. The van der Waals surface area contributed by atoms with Gasteiger partial charge < -0.3 is 25.0 Å². The number of nitrogens with one attached hydrogen (secondary N) is 3. The van der Waals surface area contributed by atoms with Gasteiger partial charge in [-0.05, 0) is 117 Å². The molecule has 0 unspecified atom stereocenters. The molecule has 3 N–H and O–H groups in total. The Morgan fingerprint density at radius 1 is 0.925 bits per heavy atom. The number of tetrazole rings is 1. The third-order valence-electron chi connectivity index (χ3n) is 9.74. The maximum Gasteiger partial charge on any atom is 0.407 e. The van der Waals surface area contributed by atoms with E-state index < -0.39 is 17.6 Å². The van der Waals surface area contributed by atoms with Gasteiger partial charge in [0.2, 0.25) is 11.7 Å². The molecule has 2 heterocycles. The highest BCUT2D eigenvalue weighted by molar-refractivity contribution is 5.96. The number of Topliss-reactive ketones (excluding diaryl/α,β-unsaturated/α-hetero) is 1. The number of carbonyl (C=O) groups excluding carboxylic acids is 4. The second-order valence-electron chi connectivity index (χ2n) is 14.8. The Bertz CT molecular complexity index is 1850. The Morgan fingerprint density at radius 3 is 2.21 bits per heavy atom. The number of amides is 3. The minimum absolute atomic E-state index is 0.0495. The number of rotatable bonds is 12. The van der Waals surface area contributed by atoms with Crippen molar-refractivity contribution in [3.63, 3.8) is 0 Å². The highest BCUT2D eigenvalue weighted by atomic mass is 16.6. The molecule has 13 nitrogen and oxygen atoms in total. The van der Waals surface area contributed by atoms with Crippen LogP contribution in [0.3, 0.4) is 0 Å². The lowest BCUT2D eigenvalue weighted by Gasteiger charge is -2.29. The predicted molar refractivity (Wildman–Crippen MR) is 200 cm³/mol. The van der Waals surface area contributed by atoms with Gasteiger partial charge in [0.25, 0.3) is 5.91 Å². The van der Waals surface area contributed by atoms with Crippen molar-refractivity contribution in [3.8, 4) is 22.5 Å². The molecule has 1 saturated heterocycles. The van der Waals surface area contributed by atoms with Crippen molar-refractivity contribution in [2.24, 2.45) is 17.8 Å². The average molecular weight is 722 g/mol. The number of hydrogen-bond acceptors (Lipinski definition) is 9. The number of aromatic amines is 1. The highest BCUT2D eigenvalue weighted by Crippen LogP contribution is 2.32. The molecule has 1 saturated carbocycles. The minimum Gasteiger partial charge on any atom is -0.444 e. The molecule has 2 fully saturated rings. The van der Waals surface area contributed by atoms with Crippen molar-refractivity contribution in [2.75, 3.05) is 36.5 Å². The Balaban J connectivity index is 1.10. The summed E-state index contributed by atoms with van der Waals surface area (Å²) in [4.78, 5) is 53.7. The molecule has 6 rings (SSSR count). The van der Waals surface area contributed by atoms with Crippen LogP contribution >= 0.6 is 0 Å². The fourth-order valence-corrected chi connectivity index (χ4v) is 6.87. The van der Waals surface area contributed by atoms with Gasteiger partial charge in [-0.25, -0.2) is 4.79 Å². The monoisotopic (exact) mass is 721 g/mol. The van der Waals surface area contributed by atoms with Crippen LogP contribution in [0.15, 0.2) is 72.8 Å². The van der Waals surface area contributed by atoms with Crippen molar-refractivity contribution >= 4 is 35.1 Å². The van der Waals surface area contributed by atoms with Gasteiger partial charge in [0.1, 0.15) is 18.0 Å². The summed E-state index contributed by atoms with van der Waals surface area (Å²) in [6.45, 7) is 7.15. The maximum atomic E-state index is 13.8. The fourth-order valence-electron chi connectivity index (χ4n) is 6.87. The smallest absolute Gasteiger partial charge is 0.407 e. The fraction of sp³-hybridized carbons (Fsp3) is 0.425. The van der Waals surface area contributed by atoms with Gasteiger partial charge in [0.05, 0.1) is 6.61 Å². The number of carbonyl (C=O) groups is 4. The number of aromatic nitrogens is 4. The van der Waals surface area contributed by atoms with E-state index >= 15 is 0 Å². The van der Waals surface area contributed by atoms with Crippen LogP contribution < -0.4 is 15.5 Å². The quantitative estimate of drug-likeness (QED) is 0.159. The molecule has 1 aliphatic carbocycles. The number of H-pyrrole nitrogens is 1. The molecule has 2 aliphatic rings. The second kappa shape index (κ2) is 16.9. The topological polar surface area (TPSA) is 168 Å². The van der Waals surface area contributed by atoms with Crippen LogP contribution in [0.5, 0.6) is 0 Å². The molecule has 0 radical (unpaired) electrons. The number of hydrogen-bond donors (Lipinski definition) is 3. The van der Waals surface area contributed by atoms with Crippen LogP contribution in [0.1, 0.15) is 58.4 Å². The summed E-state index contributed by atoms with van der Waals surface area (Å²) in [7, 11) is 0. The summed E-state index contributed by atoms with van der Waals surface area (Å²) in [6.07, 6.45) is 3.17. The van der Waals surface area contributed by atoms with Crippen LogP contribution in [0.25, 0.3) is 22.5 Å². The first kappa shape index (κ1) is 37.3. The summed E-state index contributed by atoms with van der Waals surface area (Å²) in [6, 6.07) is 23.1. The number of anilines is 2. The first-order valence-corrected chi connectivity index (χ1v) is 18.2. The first-order valence-electron chi connectivity index (χ1n) is 18.2. The lowest BCUT2D eigenvalue weighted by Crippen LogP contribution is -2.41. The molecule has 278 valence electrons. The molecule has 1 aliphatic heterocycles. The Morgan fingerprint density at radius 2 is 1.58 bits per heavy atom. The van der Waals surface area contributed by atoms with Crippen LogP contribution in [-0.4, -0.2) is 76.2 Å². The van der Waals surface area contributed by atoms with Crippen LogP contribution in [0.4, 0.5) is 16.2 Å². The third kappa shape index (κ3) is 10.3. The van der Waals surface area contributed by atoms with E-state index in [2.05, 4.69) is 31.3 Å². The Labute approximate surface area is 309 Å². The summed E-state index contributed by atoms with van der Waals surface area (Å²) in [5.41, 5.74) is 4.60. The Hall–Kier alpha value is -5.43. The number of ketones is 1. The van der Waals surface area contributed by atoms with E-state index in [1.54, 1.807) is 29.2 Å². The SMILES string of the molecule is CC(C)(C)OC(=O)NCC1CCC(C(=O)C[C@@H](Cc2ccc(-c3ccc(N4CCOCC4=O)cc3)cc2)C(=O)Nc2ccc(-c3nn[nH]n3)cc2)CC1. The summed E-state index contributed by atoms with van der Waals surface area (Å²) < 4.78 is 10.6.